The van der Waals surface area contributed by atoms with Crippen LogP contribution in [0.4, 0.5) is 5.69 Å². The van der Waals surface area contributed by atoms with Crippen LogP contribution < -0.4 is 16.6 Å². The Balaban J connectivity index is 1.47. The average molecular weight is 380 g/mol. The Bertz CT molecular complexity index is 916. The Kier molecular flexibility index (Phi) is 5.21. The number of carbonyl (C=O) groups excluding carboxylic acids is 1. The molecule has 2 aromatic rings. The molecule has 0 radical (unpaired) electrons. The number of rotatable bonds is 7. The summed E-state index contributed by atoms with van der Waals surface area (Å²) in [6.45, 7) is 1.76. The monoisotopic (exact) mass is 380 g/mol. The number of amides is 1. The van der Waals surface area contributed by atoms with Crippen LogP contribution in [0.25, 0.3) is 11.3 Å². The largest absolute Gasteiger partial charge is 0.377 e. The van der Waals surface area contributed by atoms with E-state index in [9.17, 15) is 9.59 Å². The Labute approximate surface area is 162 Å². The van der Waals surface area contributed by atoms with Crippen LogP contribution in [0.5, 0.6) is 0 Å². The fraction of sp³-hybridized carbons (Fsp3) is 0.400. The lowest BCUT2D eigenvalue weighted by molar-refractivity contribution is -0.132. The number of nitrogens with zero attached hydrogens (tertiary/aromatic N) is 3. The molecule has 2 aliphatic rings. The second-order valence-corrected chi connectivity index (χ2v) is 7.37. The third kappa shape index (κ3) is 3.96. The second-order valence-electron chi connectivity index (χ2n) is 7.37. The Morgan fingerprint density at radius 1 is 1.39 bits per heavy atom. The summed E-state index contributed by atoms with van der Waals surface area (Å²) in [7, 11) is 0. The number of carbonyl (C=O) groups is 1. The maximum absolute atomic E-state index is 12.4. The van der Waals surface area contributed by atoms with Crippen LogP contribution in [0, 0.1) is 11.8 Å². The highest BCUT2D eigenvalue weighted by Crippen LogP contribution is 2.40. The van der Waals surface area contributed by atoms with E-state index in [0.717, 1.165) is 24.1 Å². The number of aromatic amines is 1. The summed E-state index contributed by atoms with van der Waals surface area (Å²) in [5, 5.41) is 3.46. The molecule has 1 unspecified atom stereocenters. The van der Waals surface area contributed by atoms with E-state index in [2.05, 4.69) is 20.3 Å². The van der Waals surface area contributed by atoms with Crippen LogP contribution in [-0.4, -0.2) is 51.4 Å². The normalized spacial score (nSPS) is 18.1. The van der Waals surface area contributed by atoms with Gasteiger partial charge in [-0.1, -0.05) is 6.08 Å². The van der Waals surface area contributed by atoms with Crippen molar-refractivity contribution in [3.8, 4) is 11.3 Å². The van der Waals surface area contributed by atoms with E-state index >= 15 is 0 Å². The Morgan fingerprint density at radius 2 is 2.21 bits per heavy atom. The van der Waals surface area contributed by atoms with Crippen molar-refractivity contribution in [3.63, 3.8) is 0 Å². The number of anilines is 1. The molecule has 8 nitrogen and oxygen atoms in total. The van der Waals surface area contributed by atoms with Crippen molar-refractivity contribution in [3.05, 3.63) is 53.4 Å². The summed E-state index contributed by atoms with van der Waals surface area (Å²) in [6.07, 6.45) is 10.3. The van der Waals surface area contributed by atoms with Gasteiger partial charge in [0.05, 0.1) is 5.69 Å². The molecule has 1 amide bonds. The molecule has 2 fully saturated rings. The average Bonchev–Trinajstić information content (AvgIpc) is 3.51. The highest BCUT2D eigenvalue weighted by Gasteiger charge is 2.43. The first kappa shape index (κ1) is 18.4. The number of hydrogen-bond acceptors (Lipinski definition) is 6. The van der Waals surface area contributed by atoms with Crippen molar-refractivity contribution in [1.82, 2.24) is 19.9 Å². The van der Waals surface area contributed by atoms with Crippen LogP contribution in [0.15, 0.2) is 47.8 Å². The zero-order valence-corrected chi connectivity index (χ0v) is 15.5. The summed E-state index contributed by atoms with van der Waals surface area (Å²) >= 11 is 0. The molecule has 1 saturated carbocycles. The highest BCUT2D eigenvalue weighted by atomic mass is 16.2. The smallest absolute Gasteiger partial charge is 0.271 e. The molecule has 0 aromatic carbocycles. The van der Waals surface area contributed by atoms with Crippen LogP contribution >= 0.6 is 0 Å². The van der Waals surface area contributed by atoms with Crippen LogP contribution in [0.2, 0.25) is 0 Å². The van der Waals surface area contributed by atoms with Gasteiger partial charge in [0.25, 0.3) is 5.56 Å². The predicted octanol–water partition coefficient (Wildman–Crippen LogP) is 0.996. The molecule has 4 rings (SSSR count). The molecule has 1 saturated heterocycles. The van der Waals surface area contributed by atoms with Gasteiger partial charge in [0.15, 0.2) is 0 Å². The minimum atomic E-state index is -0.151. The minimum absolute atomic E-state index is 0.000136. The topological polar surface area (TPSA) is 117 Å². The number of H-pyrrole nitrogens is 1. The number of hydrogen-bond donors (Lipinski definition) is 3. The molecule has 1 aliphatic carbocycles. The standard InChI is InChI=1S/C20H24N6O2/c21-6-1-2-18(27)26-10-15(11-26)19(13-3-4-13)25-17-8-14(9-23-20(17)28)16-5-7-22-12-24-16/h1-2,5,7-9,12-13,15,19,25H,3-4,6,10-11,21H2,(H,23,28)/b2-1+. The zero-order valence-electron chi connectivity index (χ0n) is 15.5. The summed E-state index contributed by atoms with van der Waals surface area (Å²) in [5.41, 5.74) is 7.38. The van der Waals surface area contributed by atoms with Crippen molar-refractivity contribution in [2.45, 2.75) is 18.9 Å². The fourth-order valence-corrected chi connectivity index (χ4v) is 3.65. The summed E-state index contributed by atoms with van der Waals surface area (Å²) < 4.78 is 0. The predicted molar refractivity (Wildman–Crippen MR) is 106 cm³/mol. The molecule has 146 valence electrons. The molecule has 0 spiro atoms. The Morgan fingerprint density at radius 3 is 2.89 bits per heavy atom. The molecule has 8 heteroatoms. The van der Waals surface area contributed by atoms with Crippen LogP contribution in [-0.2, 0) is 4.79 Å². The number of pyridine rings is 1. The summed E-state index contributed by atoms with van der Waals surface area (Å²) in [4.78, 5) is 37.2. The first-order chi connectivity index (χ1) is 13.7. The van der Waals surface area contributed by atoms with Gasteiger partial charge in [0.2, 0.25) is 5.91 Å². The van der Waals surface area contributed by atoms with Crippen molar-refractivity contribution in [2.75, 3.05) is 25.0 Å². The summed E-state index contributed by atoms with van der Waals surface area (Å²) in [6, 6.07) is 3.83. The van der Waals surface area contributed by atoms with E-state index in [1.807, 2.05) is 11.0 Å². The molecule has 1 atom stereocenters. The van der Waals surface area contributed by atoms with Crippen molar-refractivity contribution >= 4 is 11.6 Å². The van der Waals surface area contributed by atoms with E-state index in [-0.39, 0.29) is 17.5 Å². The Hall–Kier alpha value is -3.00. The first-order valence-corrected chi connectivity index (χ1v) is 9.57. The molecule has 28 heavy (non-hydrogen) atoms. The van der Waals surface area contributed by atoms with E-state index in [0.29, 0.717) is 37.2 Å². The van der Waals surface area contributed by atoms with E-state index in [4.69, 9.17) is 5.73 Å². The molecule has 1 aliphatic heterocycles. The maximum Gasteiger partial charge on any atom is 0.271 e. The van der Waals surface area contributed by atoms with Crippen molar-refractivity contribution < 1.29 is 4.79 Å². The van der Waals surface area contributed by atoms with Gasteiger partial charge in [0.1, 0.15) is 12.0 Å². The van der Waals surface area contributed by atoms with Gasteiger partial charge < -0.3 is 20.9 Å². The lowest BCUT2D eigenvalue weighted by Gasteiger charge is -2.43. The number of nitrogens with two attached hydrogens (primary N) is 1. The molecular formula is C20H24N6O2. The van der Waals surface area contributed by atoms with Gasteiger partial charge in [-0.05, 0) is 30.9 Å². The lowest BCUT2D eigenvalue weighted by atomic mass is 9.88. The van der Waals surface area contributed by atoms with Crippen molar-refractivity contribution in [2.24, 2.45) is 17.6 Å². The quantitative estimate of drug-likeness (QED) is 0.617. The SMILES string of the molecule is NC/C=C/C(=O)N1CC(C(Nc2cc(-c3ccncn3)c[nH]c2=O)C2CC2)C1. The number of likely N-dealkylation sites (tertiary alicyclic amines) is 1. The molecule has 4 N–H and O–H groups in total. The highest BCUT2D eigenvalue weighted by molar-refractivity contribution is 5.88. The molecule has 0 bridgehead atoms. The minimum Gasteiger partial charge on any atom is -0.377 e. The summed E-state index contributed by atoms with van der Waals surface area (Å²) in [5.74, 6) is 0.883. The lowest BCUT2D eigenvalue weighted by Crippen LogP contribution is -2.56. The molecule has 2 aromatic heterocycles. The number of nitrogens with one attached hydrogen (secondary N) is 2. The first-order valence-electron chi connectivity index (χ1n) is 9.57. The van der Waals surface area contributed by atoms with Gasteiger partial charge in [-0.2, -0.15) is 0 Å². The molecule has 3 heterocycles. The fourth-order valence-electron chi connectivity index (χ4n) is 3.65. The number of aromatic nitrogens is 3. The van der Waals surface area contributed by atoms with Crippen LogP contribution in [0.3, 0.4) is 0 Å². The van der Waals surface area contributed by atoms with E-state index in [1.54, 1.807) is 24.5 Å². The third-order valence-corrected chi connectivity index (χ3v) is 5.36. The van der Waals surface area contributed by atoms with Gasteiger partial charge in [-0.3, -0.25) is 9.59 Å². The van der Waals surface area contributed by atoms with E-state index in [1.165, 1.54) is 12.4 Å². The zero-order chi connectivity index (χ0) is 19.5. The van der Waals surface area contributed by atoms with Gasteiger partial charge in [-0.15, -0.1) is 0 Å². The maximum atomic E-state index is 12.4. The molecular weight excluding hydrogens is 356 g/mol. The van der Waals surface area contributed by atoms with Gasteiger partial charge in [0, 0.05) is 55.6 Å². The third-order valence-electron chi connectivity index (χ3n) is 5.36. The van der Waals surface area contributed by atoms with Crippen LogP contribution in [0.1, 0.15) is 12.8 Å². The second kappa shape index (κ2) is 7.93. The van der Waals surface area contributed by atoms with E-state index < -0.39 is 0 Å². The van der Waals surface area contributed by atoms with Crippen molar-refractivity contribution in [1.29, 1.82) is 0 Å². The van der Waals surface area contributed by atoms with Gasteiger partial charge in [-0.25, -0.2) is 9.97 Å². The van der Waals surface area contributed by atoms with Gasteiger partial charge >= 0.3 is 0 Å².